The zero-order chi connectivity index (χ0) is 12.4. The molecular formula is C11H7Cl3N2O. The molecule has 0 amide bonds. The Morgan fingerprint density at radius 1 is 1.06 bits per heavy atom. The fourth-order valence-corrected chi connectivity index (χ4v) is 1.67. The smallest absolute Gasteiger partial charge is 0.242 e. The first-order valence-electron chi connectivity index (χ1n) is 4.60. The normalized spacial score (nSPS) is 10.3. The summed E-state index contributed by atoms with van der Waals surface area (Å²) in [5.41, 5.74) is 6.04. The highest BCUT2D eigenvalue weighted by Gasteiger charge is 2.08. The Balaban J connectivity index is 2.34. The highest BCUT2D eigenvalue weighted by molar-refractivity contribution is 6.34. The molecule has 0 radical (unpaired) electrons. The van der Waals surface area contributed by atoms with Gasteiger partial charge in [0.1, 0.15) is 5.75 Å². The van der Waals surface area contributed by atoms with Crippen LogP contribution in [0.1, 0.15) is 0 Å². The molecule has 2 rings (SSSR count). The van der Waals surface area contributed by atoms with Crippen molar-refractivity contribution in [1.82, 2.24) is 4.98 Å². The number of nitrogens with two attached hydrogens (primary N) is 1. The van der Waals surface area contributed by atoms with E-state index >= 15 is 0 Å². The highest BCUT2D eigenvalue weighted by Crippen LogP contribution is 2.33. The van der Waals surface area contributed by atoms with E-state index in [1.165, 1.54) is 6.20 Å². The van der Waals surface area contributed by atoms with Gasteiger partial charge in [-0.15, -0.1) is 0 Å². The van der Waals surface area contributed by atoms with Crippen molar-refractivity contribution in [3.05, 3.63) is 45.5 Å². The Bertz CT molecular complexity index is 560. The molecule has 6 heteroatoms. The summed E-state index contributed by atoms with van der Waals surface area (Å²) in [7, 11) is 0. The Hall–Kier alpha value is -1.16. The van der Waals surface area contributed by atoms with Crippen molar-refractivity contribution < 1.29 is 4.74 Å². The van der Waals surface area contributed by atoms with E-state index in [1.807, 2.05) is 0 Å². The van der Waals surface area contributed by atoms with Crippen molar-refractivity contribution >= 4 is 40.5 Å². The summed E-state index contributed by atoms with van der Waals surface area (Å²) in [5.74, 6) is 0.624. The summed E-state index contributed by atoms with van der Waals surface area (Å²) in [6.45, 7) is 0. The highest BCUT2D eigenvalue weighted by atomic mass is 35.5. The second-order valence-corrected chi connectivity index (χ2v) is 4.50. The minimum Gasteiger partial charge on any atom is -0.435 e. The fourth-order valence-electron chi connectivity index (χ4n) is 1.19. The van der Waals surface area contributed by atoms with Gasteiger partial charge in [-0.25, -0.2) is 4.98 Å². The number of rotatable bonds is 2. The van der Waals surface area contributed by atoms with Gasteiger partial charge in [-0.1, -0.05) is 34.8 Å². The van der Waals surface area contributed by atoms with Crippen LogP contribution < -0.4 is 10.5 Å². The fraction of sp³-hybridized carbons (Fsp3) is 0. The van der Waals surface area contributed by atoms with E-state index in [9.17, 15) is 0 Å². The third-order valence-corrected chi connectivity index (χ3v) is 2.70. The maximum atomic E-state index is 5.95. The van der Waals surface area contributed by atoms with Gasteiger partial charge in [-0.05, 0) is 18.2 Å². The van der Waals surface area contributed by atoms with Gasteiger partial charge in [0.25, 0.3) is 0 Å². The maximum Gasteiger partial charge on any atom is 0.242 e. The molecule has 0 spiro atoms. The molecule has 88 valence electrons. The number of ether oxygens (including phenoxy) is 1. The molecule has 0 aliphatic carbocycles. The molecule has 1 aromatic carbocycles. The lowest BCUT2D eigenvalue weighted by atomic mass is 10.3. The molecule has 2 N–H and O–H groups in total. The SMILES string of the molecule is Nc1cc(Cl)cnc1Oc1cc(Cl)ccc1Cl. The van der Waals surface area contributed by atoms with E-state index in [0.29, 0.717) is 26.5 Å². The van der Waals surface area contributed by atoms with Crippen molar-refractivity contribution in [1.29, 1.82) is 0 Å². The van der Waals surface area contributed by atoms with Crippen molar-refractivity contribution in [2.24, 2.45) is 0 Å². The number of hydrogen-bond acceptors (Lipinski definition) is 3. The number of benzene rings is 1. The summed E-state index contributed by atoms with van der Waals surface area (Å²) < 4.78 is 5.46. The standard InChI is InChI=1S/C11H7Cl3N2O/c12-6-1-2-8(14)10(4-6)17-11-9(15)3-7(13)5-16-11/h1-5H,15H2. The van der Waals surface area contributed by atoms with Crippen LogP contribution in [0.4, 0.5) is 5.69 Å². The number of aromatic nitrogens is 1. The lowest BCUT2D eigenvalue weighted by Crippen LogP contribution is -1.95. The molecule has 17 heavy (non-hydrogen) atoms. The zero-order valence-corrected chi connectivity index (χ0v) is 10.7. The number of pyridine rings is 1. The van der Waals surface area contributed by atoms with Crippen LogP contribution in [0.3, 0.4) is 0 Å². The van der Waals surface area contributed by atoms with Crippen LogP contribution >= 0.6 is 34.8 Å². The number of halogens is 3. The average Bonchev–Trinajstić information content (AvgIpc) is 2.27. The summed E-state index contributed by atoms with van der Waals surface area (Å²) >= 11 is 17.5. The third-order valence-electron chi connectivity index (χ3n) is 1.95. The first-order chi connectivity index (χ1) is 8.06. The van der Waals surface area contributed by atoms with E-state index in [1.54, 1.807) is 24.3 Å². The van der Waals surface area contributed by atoms with Crippen LogP contribution in [0, 0.1) is 0 Å². The van der Waals surface area contributed by atoms with Crippen molar-refractivity contribution in [3.8, 4) is 11.6 Å². The first kappa shape index (κ1) is 12.3. The van der Waals surface area contributed by atoms with Gasteiger partial charge < -0.3 is 10.5 Å². The lowest BCUT2D eigenvalue weighted by Gasteiger charge is -2.09. The molecule has 0 fully saturated rings. The maximum absolute atomic E-state index is 5.95. The Morgan fingerprint density at radius 3 is 2.53 bits per heavy atom. The molecule has 1 heterocycles. The summed E-state index contributed by atoms with van der Waals surface area (Å²) in [5, 5.41) is 1.37. The molecule has 0 saturated heterocycles. The van der Waals surface area contributed by atoms with Crippen LogP contribution in [-0.2, 0) is 0 Å². The molecule has 3 nitrogen and oxygen atoms in total. The molecule has 2 aromatic rings. The molecule has 0 saturated carbocycles. The van der Waals surface area contributed by atoms with E-state index in [4.69, 9.17) is 45.3 Å². The van der Waals surface area contributed by atoms with Gasteiger partial charge in [0.15, 0.2) is 0 Å². The topological polar surface area (TPSA) is 48.1 Å². The van der Waals surface area contributed by atoms with E-state index in [-0.39, 0.29) is 5.88 Å². The van der Waals surface area contributed by atoms with Gasteiger partial charge in [0, 0.05) is 17.3 Å². The zero-order valence-electron chi connectivity index (χ0n) is 8.45. The van der Waals surface area contributed by atoms with Crippen LogP contribution in [0.25, 0.3) is 0 Å². The van der Waals surface area contributed by atoms with Gasteiger partial charge >= 0.3 is 0 Å². The Kier molecular flexibility index (Phi) is 3.62. The number of hydrogen-bond donors (Lipinski definition) is 1. The Labute approximate surface area is 113 Å². The van der Waals surface area contributed by atoms with Crippen molar-refractivity contribution in [2.45, 2.75) is 0 Å². The monoisotopic (exact) mass is 288 g/mol. The van der Waals surface area contributed by atoms with Gasteiger partial charge in [-0.2, -0.15) is 0 Å². The number of anilines is 1. The molecule has 0 bridgehead atoms. The molecule has 1 aromatic heterocycles. The predicted molar refractivity (Wildman–Crippen MR) is 70.2 cm³/mol. The Morgan fingerprint density at radius 2 is 1.82 bits per heavy atom. The second-order valence-electron chi connectivity index (χ2n) is 3.22. The summed E-state index contributed by atoms with van der Waals surface area (Å²) in [6, 6.07) is 6.42. The van der Waals surface area contributed by atoms with E-state index in [0.717, 1.165) is 0 Å². The minimum atomic E-state index is 0.235. The molecule has 0 aliphatic rings. The lowest BCUT2D eigenvalue weighted by molar-refractivity contribution is 0.466. The largest absolute Gasteiger partial charge is 0.435 e. The molecule has 0 unspecified atom stereocenters. The van der Waals surface area contributed by atoms with Gasteiger partial charge in [-0.3, -0.25) is 0 Å². The average molecular weight is 290 g/mol. The summed E-state index contributed by atoms with van der Waals surface area (Å²) in [4.78, 5) is 3.96. The quantitative estimate of drug-likeness (QED) is 0.890. The predicted octanol–water partition coefficient (Wildman–Crippen LogP) is 4.42. The van der Waals surface area contributed by atoms with Gasteiger partial charge in [0.05, 0.1) is 15.7 Å². The van der Waals surface area contributed by atoms with Gasteiger partial charge in [0.2, 0.25) is 5.88 Å². The number of nitrogens with zero attached hydrogens (tertiary/aromatic N) is 1. The van der Waals surface area contributed by atoms with Crippen LogP contribution in [0.5, 0.6) is 11.6 Å². The third kappa shape index (κ3) is 2.94. The van der Waals surface area contributed by atoms with Crippen molar-refractivity contribution in [3.63, 3.8) is 0 Å². The minimum absolute atomic E-state index is 0.235. The van der Waals surface area contributed by atoms with Crippen LogP contribution in [-0.4, -0.2) is 4.98 Å². The number of nitrogen functional groups attached to an aromatic ring is 1. The van der Waals surface area contributed by atoms with E-state index < -0.39 is 0 Å². The van der Waals surface area contributed by atoms with Crippen molar-refractivity contribution in [2.75, 3.05) is 5.73 Å². The van der Waals surface area contributed by atoms with Crippen LogP contribution in [0.2, 0.25) is 15.1 Å². The molecule has 0 aliphatic heterocycles. The van der Waals surface area contributed by atoms with Crippen LogP contribution in [0.15, 0.2) is 30.5 Å². The van der Waals surface area contributed by atoms with E-state index in [2.05, 4.69) is 4.98 Å². The second kappa shape index (κ2) is 5.00. The first-order valence-corrected chi connectivity index (χ1v) is 5.73. The summed E-state index contributed by atoms with van der Waals surface area (Å²) in [6.07, 6.45) is 1.44. The molecule has 0 atom stereocenters. The molecular weight excluding hydrogens is 282 g/mol.